The number of likely N-dealkylation sites (tertiary alicyclic amines) is 1. The van der Waals surface area contributed by atoms with Gasteiger partial charge >= 0.3 is 0 Å². The topological polar surface area (TPSA) is 80.1 Å². The van der Waals surface area contributed by atoms with Gasteiger partial charge in [0.2, 0.25) is 5.91 Å². The molecule has 1 atom stereocenters. The van der Waals surface area contributed by atoms with E-state index in [4.69, 9.17) is 0 Å². The number of benzene rings is 1. The third-order valence-corrected chi connectivity index (χ3v) is 5.40. The summed E-state index contributed by atoms with van der Waals surface area (Å²) in [5, 5.41) is 8.98. The summed E-state index contributed by atoms with van der Waals surface area (Å²) in [5.74, 6) is 0.418. The number of rotatable bonds is 4. The molecule has 0 radical (unpaired) electrons. The normalized spacial score (nSPS) is 17.4. The number of pyridine rings is 1. The van der Waals surface area contributed by atoms with Crippen LogP contribution in [0.3, 0.4) is 0 Å². The van der Waals surface area contributed by atoms with Crippen LogP contribution in [0.5, 0.6) is 0 Å². The number of aromatic nitrogens is 3. The molecule has 1 N–H and O–H groups in total. The zero-order chi connectivity index (χ0) is 20.4. The summed E-state index contributed by atoms with van der Waals surface area (Å²) in [6.07, 6.45) is 1.73. The van der Waals surface area contributed by atoms with Gasteiger partial charge in [0.1, 0.15) is 5.82 Å². The fourth-order valence-electron chi connectivity index (χ4n) is 3.93. The van der Waals surface area contributed by atoms with E-state index in [1.54, 1.807) is 6.07 Å². The molecule has 2 aromatic heterocycles. The maximum Gasteiger partial charge on any atom is 0.275 e. The van der Waals surface area contributed by atoms with E-state index in [0.29, 0.717) is 24.4 Å². The average molecular weight is 391 g/mol. The van der Waals surface area contributed by atoms with Crippen molar-refractivity contribution < 1.29 is 4.79 Å². The first-order chi connectivity index (χ1) is 14.0. The third-order valence-electron chi connectivity index (χ3n) is 5.40. The van der Waals surface area contributed by atoms with Crippen LogP contribution < -0.4 is 10.9 Å². The van der Waals surface area contributed by atoms with Gasteiger partial charge in [-0.2, -0.15) is 5.10 Å². The second-order valence-electron chi connectivity index (χ2n) is 7.65. The van der Waals surface area contributed by atoms with Gasteiger partial charge in [-0.1, -0.05) is 24.3 Å². The monoisotopic (exact) mass is 391 g/mol. The largest absolute Gasteiger partial charge is 0.310 e. The van der Waals surface area contributed by atoms with Crippen LogP contribution in [0.25, 0.3) is 10.8 Å². The molecule has 0 aliphatic carbocycles. The highest BCUT2D eigenvalue weighted by atomic mass is 16.2. The molecule has 1 fully saturated rings. The Bertz CT molecular complexity index is 1110. The Labute approximate surface area is 169 Å². The molecule has 0 spiro atoms. The Morgan fingerprint density at radius 2 is 1.93 bits per heavy atom. The summed E-state index contributed by atoms with van der Waals surface area (Å²) in [6, 6.07) is 13.1. The van der Waals surface area contributed by atoms with Crippen LogP contribution in [0.1, 0.15) is 24.2 Å². The minimum Gasteiger partial charge on any atom is -0.310 e. The summed E-state index contributed by atoms with van der Waals surface area (Å²) >= 11 is 0. The maximum absolute atomic E-state index is 12.8. The molecule has 1 aliphatic rings. The molecule has 1 aromatic carbocycles. The zero-order valence-corrected chi connectivity index (χ0v) is 16.8. The molecule has 1 aliphatic heterocycles. The molecule has 1 amide bonds. The Balaban J connectivity index is 1.48. The van der Waals surface area contributed by atoms with Crippen molar-refractivity contribution in [3.8, 4) is 0 Å². The number of fused-ring (bicyclic) bond motifs is 1. The van der Waals surface area contributed by atoms with Gasteiger partial charge in [-0.15, -0.1) is 0 Å². The van der Waals surface area contributed by atoms with Crippen LogP contribution in [-0.2, 0) is 11.5 Å². The minimum absolute atomic E-state index is 0.0252. The van der Waals surface area contributed by atoms with Gasteiger partial charge < -0.3 is 5.32 Å². The first-order valence-corrected chi connectivity index (χ1v) is 9.94. The number of carbonyl (C=O) groups excluding carboxylic acids is 1. The van der Waals surface area contributed by atoms with E-state index in [1.165, 1.54) is 4.68 Å². The standard InChI is InChI=1S/C22H25N5O2/c1-15-7-5-11-20(23-15)24-21(28)17-8-6-12-26(13-17)14-27-22(29)19-10-4-3-9-18(19)16(2)25-27/h3-5,7,9-11,17H,6,8,12-14H2,1-2H3,(H,23,24,28). The number of nitrogens with zero attached hydrogens (tertiary/aromatic N) is 4. The van der Waals surface area contributed by atoms with Gasteiger partial charge in [-0.05, 0) is 51.4 Å². The van der Waals surface area contributed by atoms with E-state index in [9.17, 15) is 9.59 Å². The summed E-state index contributed by atoms with van der Waals surface area (Å²) < 4.78 is 1.51. The molecule has 0 saturated carbocycles. The predicted molar refractivity (Wildman–Crippen MR) is 113 cm³/mol. The van der Waals surface area contributed by atoms with Gasteiger partial charge in [-0.25, -0.2) is 9.67 Å². The van der Waals surface area contributed by atoms with E-state index in [0.717, 1.165) is 36.2 Å². The average Bonchev–Trinajstić information content (AvgIpc) is 2.72. The highest BCUT2D eigenvalue weighted by molar-refractivity contribution is 5.91. The smallest absolute Gasteiger partial charge is 0.275 e. The number of aryl methyl sites for hydroxylation is 2. The molecule has 1 unspecified atom stereocenters. The van der Waals surface area contributed by atoms with Crippen LogP contribution >= 0.6 is 0 Å². The summed E-state index contributed by atoms with van der Waals surface area (Å²) in [7, 11) is 0. The maximum atomic E-state index is 12.8. The van der Waals surface area contributed by atoms with Crippen LogP contribution in [0, 0.1) is 19.8 Å². The van der Waals surface area contributed by atoms with E-state index >= 15 is 0 Å². The SMILES string of the molecule is Cc1cccc(NC(=O)C2CCCN(Cn3nc(C)c4ccccc4c3=O)C2)n1. The van der Waals surface area contributed by atoms with Crippen molar-refractivity contribution >= 4 is 22.5 Å². The number of nitrogens with one attached hydrogen (secondary N) is 1. The van der Waals surface area contributed by atoms with Crippen molar-refractivity contribution in [3.63, 3.8) is 0 Å². The third kappa shape index (κ3) is 4.19. The predicted octanol–water partition coefficient (Wildman–Crippen LogP) is 2.72. The number of anilines is 1. The summed E-state index contributed by atoms with van der Waals surface area (Å²) in [4.78, 5) is 32.0. The number of hydrogen-bond acceptors (Lipinski definition) is 5. The lowest BCUT2D eigenvalue weighted by Gasteiger charge is -2.31. The molecule has 4 rings (SSSR count). The summed E-state index contributed by atoms with van der Waals surface area (Å²) in [6.45, 7) is 5.63. The van der Waals surface area contributed by atoms with E-state index in [1.807, 2.05) is 50.2 Å². The van der Waals surface area contributed by atoms with Crippen molar-refractivity contribution in [1.29, 1.82) is 0 Å². The van der Waals surface area contributed by atoms with Crippen LogP contribution in [0.15, 0.2) is 47.3 Å². The van der Waals surface area contributed by atoms with Gasteiger partial charge in [0.15, 0.2) is 0 Å². The lowest BCUT2D eigenvalue weighted by Crippen LogP contribution is -2.43. The molecule has 29 heavy (non-hydrogen) atoms. The van der Waals surface area contributed by atoms with Crippen LogP contribution in [-0.4, -0.2) is 38.7 Å². The second kappa shape index (κ2) is 8.13. The first-order valence-electron chi connectivity index (χ1n) is 9.94. The molecule has 7 heteroatoms. The van der Waals surface area contributed by atoms with Crippen molar-refractivity contribution in [1.82, 2.24) is 19.7 Å². The van der Waals surface area contributed by atoms with Gasteiger partial charge in [0.25, 0.3) is 5.56 Å². The van der Waals surface area contributed by atoms with E-state index < -0.39 is 0 Å². The number of amides is 1. The molecule has 7 nitrogen and oxygen atoms in total. The quantitative estimate of drug-likeness (QED) is 0.740. The zero-order valence-electron chi connectivity index (χ0n) is 16.8. The lowest BCUT2D eigenvalue weighted by atomic mass is 9.97. The van der Waals surface area contributed by atoms with Crippen molar-refractivity contribution in [2.75, 3.05) is 18.4 Å². The molecule has 3 aromatic rings. The van der Waals surface area contributed by atoms with Gasteiger partial charge in [0.05, 0.1) is 23.7 Å². The molecule has 3 heterocycles. The van der Waals surface area contributed by atoms with E-state index in [-0.39, 0.29) is 17.4 Å². The minimum atomic E-state index is -0.136. The van der Waals surface area contributed by atoms with E-state index in [2.05, 4.69) is 20.3 Å². The number of carbonyl (C=O) groups is 1. The van der Waals surface area contributed by atoms with Crippen molar-refractivity contribution in [3.05, 3.63) is 64.2 Å². The Morgan fingerprint density at radius 1 is 1.14 bits per heavy atom. The number of piperidine rings is 1. The van der Waals surface area contributed by atoms with Gasteiger partial charge in [0, 0.05) is 17.6 Å². The Hall–Kier alpha value is -3.06. The first kappa shape index (κ1) is 19.3. The van der Waals surface area contributed by atoms with Gasteiger partial charge in [-0.3, -0.25) is 14.5 Å². The molecular formula is C22H25N5O2. The van der Waals surface area contributed by atoms with Crippen LogP contribution in [0.4, 0.5) is 5.82 Å². The highest BCUT2D eigenvalue weighted by Gasteiger charge is 2.26. The Morgan fingerprint density at radius 3 is 2.72 bits per heavy atom. The lowest BCUT2D eigenvalue weighted by molar-refractivity contribution is -0.121. The molecule has 1 saturated heterocycles. The van der Waals surface area contributed by atoms with Crippen molar-refractivity contribution in [2.24, 2.45) is 5.92 Å². The molecule has 150 valence electrons. The highest BCUT2D eigenvalue weighted by Crippen LogP contribution is 2.19. The molecule has 0 bridgehead atoms. The Kier molecular flexibility index (Phi) is 5.40. The second-order valence-corrected chi connectivity index (χ2v) is 7.65. The fraction of sp³-hybridized carbons (Fsp3) is 0.364. The molecular weight excluding hydrogens is 366 g/mol. The summed E-state index contributed by atoms with van der Waals surface area (Å²) in [5.41, 5.74) is 1.60. The van der Waals surface area contributed by atoms with Crippen LogP contribution in [0.2, 0.25) is 0 Å². The fourth-order valence-corrected chi connectivity index (χ4v) is 3.93. The number of hydrogen-bond donors (Lipinski definition) is 1. The van der Waals surface area contributed by atoms with Crippen molar-refractivity contribution in [2.45, 2.75) is 33.4 Å².